The highest BCUT2D eigenvalue weighted by molar-refractivity contribution is 7.89. The van der Waals surface area contributed by atoms with Gasteiger partial charge in [-0.1, -0.05) is 17.7 Å². The zero-order valence-corrected chi connectivity index (χ0v) is 11.7. The number of rotatable bonds is 4. The van der Waals surface area contributed by atoms with Crippen LogP contribution >= 0.6 is 11.6 Å². The summed E-state index contributed by atoms with van der Waals surface area (Å²) in [5.41, 5.74) is 0.516. The first-order chi connectivity index (χ1) is 9.38. The first kappa shape index (κ1) is 14.9. The highest BCUT2D eigenvalue weighted by Gasteiger charge is 2.13. The Hall–Kier alpha value is -1.50. The van der Waals surface area contributed by atoms with E-state index in [1.165, 1.54) is 12.1 Å². The summed E-state index contributed by atoms with van der Waals surface area (Å²) in [6, 6.07) is 8.36. The van der Waals surface area contributed by atoms with Crippen LogP contribution in [0.3, 0.4) is 0 Å². The zero-order chi connectivity index (χ0) is 14.8. The minimum Gasteiger partial charge on any atom is -0.207 e. The second-order valence-electron chi connectivity index (χ2n) is 4.03. The minimum absolute atomic E-state index is 0.0420. The van der Waals surface area contributed by atoms with Crippen molar-refractivity contribution in [1.82, 2.24) is 4.72 Å². The normalized spacial score (nSPS) is 11.6. The van der Waals surface area contributed by atoms with Crippen molar-refractivity contribution < 1.29 is 17.2 Å². The van der Waals surface area contributed by atoms with Crippen molar-refractivity contribution in [2.75, 3.05) is 0 Å². The fraction of sp³-hybridized carbons (Fsp3) is 0.0769. The van der Waals surface area contributed by atoms with Gasteiger partial charge in [-0.2, -0.15) is 0 Å². The van der Waals surface area contributed by atoms with Crippen LogP contribution in [0.25, 0.3) is 0 Å². The summed E-state index contributed by atoms with van der Waals surface area (Å²) < 4.78 is 51.9. The lowest BCUT2D eigenvalue weighted by Crippen LogP contribution is -2.23. The quantitative estimate of drug-likeness (QED) is 0.942. The standard InChI is InChI=1S/C13H10ClF2NO2S/c14-12-7-9(1-6-13(12)16)8-17-20(18,19)11-4-2-10(15)3-5-11/h1-7,17H,8H2. The molecule has 0 heterocycles. The fourth-order valence-corrected chi connectivity index (χ4v) is 2.75. The molecule has 0 atom stereocenters. The third-order valence-electron chi connectivity index (χ3n) is 2.57. The van der Waals surface area contributed by atoms with E-state index in [0.717, 1.165) is 30.3 Å². The van der Waals surface area contributed by atoms with Crippen molar-refractivity contribution >= 4 is 21.6 Å². The summed E-state index contributed by atoms with van der Waals surface area (Å²) in [5, 5.41) is -0.0801. The lowest BCUT2D eigenvalue weighted by Gasteiger charge is -2.07. The minimum atomic E-state index is -3.75. The van der Waals surface area contributed by atoms with Crippen molar-refractivity contribution in [3.05, 3.63) is 64.7 Å². The van der Waals surface area contributed by atoms with Crippen LogP contribution in [-0.2, 0) is 16.6 Å². The average Bonchev–Trinajstić information content (AvgIpc) is 2.41. The van der Waals surface area contributed by atoms with Gasteiger partial charge in [0.15, 0.2) is 0 Å². The number of halogens is 3. The van der Waals surface area contributed by atoms with E-state index in [1.54, 1.807) is 0 Å². The van der Waals surface area contributed by atoms with Crippen LogP contribution in [0.2, 0.25) is 5.02 Å². The van der Waals surface area contributed by atoms with Gasteiger partial charge in [-0.05, 0) is 42.0 Å². The zero-order valence-electron chi connectivity index (χ0n) is 10.1. The van der Waals surface area contributed by atoms with Crippen molar-refractivity contribution in [1.29, 1.82) is 0 Å². The van der Waals surface area contributed by atoms with Crippen LogP contribution in [0.1, 0.15) is 5.56 Å². The van der Waals surface area contributed by atoms with E-state index in [-0.39, 0.29) is 16.5 Å². The summed E-state index contributed by atoms with van der Waals surface area (Å²) in [6.45, 7) is -0.0420. The summed E-state index contributed by atoms with van der Waals surface area (Å²) in [6.07, 6.45) is 0. The molecule has 2 aromatic rings. The van der Waals surface area contributed by atoms with E-state index >= 15 is 0 Å². The molecule has 0 bridgehead atoms. The molecule has 0 saturated heterocycles. The molecule has 0 aliphatic rings. The Labute approximate surface area is 120 Å². The number of hydrogen-bond donors (Lipinski definition) is 1. The molecule has 2 aromatic carbocycles. The lowest BCUT2D eigenvalue weighted by molar-refractivity contribution is 0.580. The van der Waals surface area contributed by atoms with Crippen LogP contribution in [-0.4, -0.2) is 8.42 Å². The second kappa shape index (κ2) is 5.87. The van der Waals surface area contributed by atoms with E-state index in [9.17, 15) is 17.2 Å². The first-order valence-electron chi connectivity index (χ1n) is 5.58. The molecule has 1 N–H and O–H groups in total. The third-order valence-corrected chi connectivity index (χ3v) is 4.28. The molecular weight excluding hydrogens is 308 g/mol. The van der Waals surface area contributed by atoms with Gasteiger partial charge in [0.25, 0.3) is 0 Å². The number of nitrogens with one attached hydrogen (secondary N) is 1. The second-order valence-corrected chi connectivity index (χ2v) is 6.20. The number of benzene rings is 2. The fourth-order valence-electron chi connectivity index (χ4n) is 1.53. The van der Waals surface area contributed by atoms with E-state index in [2.05, 4.69) is 4.72 Å². The third kappa shape index (κ3) is 3.53. The number of sulfonamides is 1. The topological polar surface area (TPSA) is 46.2 Å². The Morgan fingerprint density at radius 3 is 2.30 bits per heavy atom. The molecule has 0 unspecified atom stereocenters. The summed E-state index contributed by atoms with van der Waals surface area (Å²) in [7, 11) is -3.75. The van der Waals surface area contributed by atoms with Crippen molar-refractivity contribution in [2.45, 2.75) is 11.4 Å². The molecule has 0 radical (unpaired) electrons. The maximum absolute atomic E-state index is 13.0. The van der Waals surface area contributed by atoms with Gasteiger partial charge in [-0.15, -0.1) is 0 Å². The predicted octanol–water partition coefficient (Wildman–Crippen LogP) is 3.10. The molecule has 2 rings (SSSR count). The van der Waals surface area contributed by atoms with Gasteiger partial charge in [-0.25, -0.2) is 21.9 Å². The summed E-state index contributed by atoms with van der Waals surface area (Å²) in [4.78, 5) is -0.0490. The van der Waals surface area contributed by atoms with Crippen molar-refractivity contribution in [2.24, 2.45) is 0 Å². The monoisotopic (exact) mass is 317 g/mol. The molecule has 0 amide bonds. The molecule has 0 fully saturated rings. The average molecular weight is 318 g/mol. The molecular formula is C13H10ClF2NO2S. The van der Waals surface area contributed by atoms with Crippen LogP contribution in [0.4, 0.5) is 8.78 Å². The summed E-state index contributed by atoms with van der Waals surface area (Å²) >= 11 is 5.60. The van der Waals surface area contributed by atoms with E-state index in [1.807, 2.05) is 0 Å². The Bertz CT molecular complexity index is 718. The van der Waals surface area contributed by atoms with Crippen LogP contribution in [0, 0.1) is 11.6 Å². The smallest absolute Gasteiger partial charge is 0.207 e. The Morgan fingerprint density at radius 2 is 1.70 bits per heavy atom. The summed E-state index contributed by atoms with van der Waals surface area (Å²) in [5.74, 6) is -1.09. The largest absolute Gasteiger partial charge is 0.240 e. The van der Waals surface area contributed by atoms with E-state index in [0.29, 0.717) is 5.56 Å². The SMILES string of the molecule is O=S(=O)(NCc1ccc(F)c(Cl)c1)c1ccc(F)cc1. The Balaban J connectivity index is 2.13. The molecule has 0 spiro atoms. The van der Waals surface area contributed by atoms with Crippen molar-refractivity contribution in [3.63, 3.8) is 0 Å². The van der Waals surface area contributed by atoms with Crippen LogP contribution < -0.4 is 4.72 Å². The highest BCUT2D eigenvalue weighted by Crippen LogP contribution is 2.16. The Kier molecular flexibility index (Phi) is 4.37. The molecule has 106 valence electrons. The molecule has 0 aliphatic heterocycles. The molecule has 3 nitrogen and oxygen atoms in total. The first-order valence-corrected chi connectivity index (χ1v) is 7.44. The van der Waals surface area contributed by atoms with Crippen LogP contribution in [0.5, 0.6) is 0 Å². The molecule has 0 aromatic heterocycles. The van der Waals surface area contributed by atoms with Gasteiger partial charge in [-0.3, -0.25) is 0 Å². The van der Waals surface area contributed by atoms with Gasteiger partial charge < -0.3 is 0 Å². The van der Waals surface area contributed by atoms with Gasteiger partial charge in [0.05, 0.1) is 9.92 Å². The maximum Gasteiger partial charge on any atom is 0.240 e. The predicted molar refractivity (Wildman–Crippen MR) is 71.8 cm³/mol. The molecule has 7 heteroatoms. The molecule has 20 heavy (non-hydrogen) atoms. The lowest BCUT2D eigenvalue weighted by atomic mass is 10.2. The molecule has 0 saturated carbocycles. The van der Waals surface area contributed by atoms with E-state index in [4.69, 9.17) is 11.6 Å². The maximum atomic E-state index is 13.0. The highest BCUT2D eigenvalue weighted by atomic mass is 35.5. The van der Waals surface area contributed by atoms with Crippen LogP contribution in [0.15, 0.2) is 47.4 Å². The van der Waals surface area contributed by atoms with Gasteiger partial charge in [0, 0.05) is 6.54 Å². The van der Waals surface area contributed by atoms with Gasteiger partial charge >= 0.3 is 0 Å². The van der Waals surface area contributed by atoms with E-state index < -0.39 is 21.7 Å². The molecule has 0 aliphatic carbocycles. The van der Waals surface area contributed by atoms with Crippen molar-refractivity contribution in [3.8, 4) is 0 Å². The van der Waals surface area contributed by atoms with Gasteiger partial charge in [0.2, 0.25) is 10.0 Å². The van der Waals surface area contributed by atoms with Gasteiger partial charge in [0.1, 0.15) is 11.6 Å². The Morgan fingerprint density at radius 1 is 1.05 bits per heavy atom. The number of hydrogen-bond acceptors (Lipinski definition) is 2.